The zero-order valence-corrected chi connectivity index (χ0v) is 18.2. The molecule has 8 nitrogen and oxygen atoms in total. The van der Waals surface area contributed by atoms with Gasteiger partial charge >= 0.3 is 0 Å². The molecule has 1 amide bonds. The van der Waals surface area contributed by atoms with Crippen molar-refractivity contribution in [3.05, 3.63) is 69.3 Å². The Morgan fingerprint density at radius 3 is 2.73 bits per heavy atom. The summed E-state index contributed by atoms with van der Waals surface area (Å²) in [4.78, 5) is 27.7. The quantitative estimate of drug-likeness (QED) is 0.582. The zero-order chi connectivity index (χ0) is 23.8. The fraction of sp³-hybridized carbons (Fsp3) is 0.391. The minimum atomic E-state index is -0.769. The molecule has 2 aromatic rings. The van der Waals surface area contributed by atoms with Gasteiger partial charge < -0.3 is 30.4 Å². The van der Waals surface area contributed by atoms with Gasteiger partial charge in [-0.15, -0.1) is 0 Å². The minimum Gasteiger partial charge on any atom is -0.503 e. The van der Waals surface area contributed by atoms with Crippen LogP contribution in [0.25, 0.3) is 5.70 Å². The number of rotatable bonds is 7. The maximum atomic E-state index is 13.8. The van der Waals surface area contributed by atoms with Crippen LogP contribution in [-0.4, -0.2) is 46.3 Å². The molecule has 0 atom stereocenters. The third-order valence-electron chi connectivity index (χ3n) is 6.42. The highest BCUT2D eigenvalue weighted by atomic mass is 19.1. The third kappa shape index (κ3) is 4.06. The Balaban J connectivity index is 1.62. The van der Waals surface area contributed by atoms with Crippen LogP contribution in [0.15, 0.2) is 35.4 Å². The van der Waals surface area contributed by atoms with E-state index in [1.807, 2.05) is 0 Å². The maximum absolute atomic E-state index is 13.8. The highest BCUT2D eigenvalue weighted by Gasteiger charge is 2.49. The summed E-state index contributed by atoms with van der Waals surface area (Å²) in [6.07, 6.45) is 5.42. The normalized spacial score (nSPS) is 17.1. The van der Waals surface area contributed by atoms with Gasteiger partial charge in [-0.05, 0) is 25.3 Å². The standard InChI is InChI=1S/C23H26F2N4O4/c1-33-8-7-29-22(32)19-21(31)20(30)16(12-28(19)13-23(29)5-2-6-23)18(26)11-27-10-14-3-4-15(24)9-17(14)25/h3-4,9,11-12,27,31H,2,5-8,10,13,26H2,1H3/b18-11-. The van der Waals surface area contributed by atoms with Crippen molar-refractivity contribution in [3.8, 4) is 5.75 Å². The summed E-state index contributed by atoms with van der Waals surface area (Å²) >= 11 is 0. The molecule has 0 saturated heterocycles. The number of benzene rings is 1. The van der Waals surface area contributed by atoms with E-state index >= 15 is 0 Å². The Bertz CT molecular complexity index is 1170. The van der Waals surface area contributed by atoms with Crippen LogP contribution in [-0.2, 0) is 17.8 Å². The highest BCUT2D eigenvalue weighted by Crippen LogP contribution is 2.43. The number of methoxy groups -OCH3 is 1. The van der Waals surface area contributed by atoms with Gasteiger partial charge in [-0.3, -0.25) is 9.59 Å². The molecule has 0 bridgehead atoms. The van der Waals surface area contributed by atoms with Crippen molar-refractivity contribution in [2.45, 2.75) is 37.9 Å². The van der Waals surface area contributed by atoms with Crippen LogP contribution in [0.4, 0.5) is 8.78 Å². The number of nitrogens with one attached hydrogen (secondary N) is 1. The third-order valence-corrected chi connectivity index (χ3v) is 6.42. The van der Waals surface area contributed by atoms with Gasteiger partial charge in [0.05, 0.1) is 23.4 Å². The van der Waals surface area contributed by atoms with E-state index in [9.17, 15) is 23.5 Å². The van der Waals surface area contributed by atoms with Gasteiger partial charge in [0.2, 0.25) is 5.43 Å². The van der Waals surface area contributed by atoms with E-state index in [-0.39, 0.29) is 34.6 Å². The zero-order valence-electron chi connectivity index (χ0n) is 18.2. The van der Waals surface area contributed by atoms with Crippen molar-refractivity contribution in [2.75, 3.05) is 20.3 Å². The minimum absolute atomic E-state index is 0.0150. The topological polar surface area (TPSA) is 110 Å². The highest BCUT2D eigenvalue weighted by molar-refractivity contribution is 5.97. The van der Waals surface area contributed by atoms with Gasteiger partial charge in [-0.25, -0.2) is 8.78 Å². The van der Waals surface area contributed by atoms with E-state index in [1.165, 1.54) is 18.5 Å². The van der Waals surface area contributed by atoms with Gasteiger partial charge in [0.15, 0.2) is 11.4 Å². The van der Waals surface area contributed by atoms with Crippen LogP contribution in [0.2, 0.25) is 0 Å². The van der Waals surface area contributed by atoms with Crippen molar-refractivity contribution >= 4 is 11.6 Å². The molecule has 1 saturated carbocycles. The van der Waals surface area contributed by atoms with E-state index in [4.69, 9.17) is 10.5 Å². The number of carbonyl (C=O) groups excluding carboxylic acids is 1. The first-order chi connectivity index (χ1) is 15.8. The number of nitrogens with zero attached hydrogens (tertiary/aromatic N) is 2. The lowest BCUT2D eigenvalue weighted by molar-refractivity contribution is -0.0156. The SMILES string of the molecule is COCCN1C(=O)c2c(O)c(=O)c(/C(N)=C/NCc3ccc(F)cc3F)cn2CC12CCC2. The largest absolute Gasteiger partial charge is 0.503 e. The number of hydrogen-bond acceptors (Lipinski definition) is 6. The Labute approximate surface area is 189 Å². The Morgan fingerprint density at radius 1 is 1.33 bits per heavy atom. The predicted octanol–water partition coefficient (Wildman–Crippen LogP) is 1.90. The fourth-order valence-electron chi connectivity index (χ4n) is 4.50. The van der Waals surface area contributed by atoms with Gasteiger partial charge in [-0.2, -0.15) is 0 Å². The van der Waals surface area contributed by atoms with E-state index < -0.39 is 28.7 Å². The van der Waals surface area contributed by atoms with Crippen molar-refractivity contribution in [2.24, 2.45) is 5.73 Å². The van der Waals surface area contributed by atoms with E-state index in [0.29, 0.717) is 19.7 Å². The number of ether oxygens (including phenoxy) is 1. The summed E-state index contributed by atoms with van der Waals surface area (Å²) in [5, 5.41) is 13.4. The lowest BCUT2D eigenvalue weighted by Crippen LogP contribution is -2.63. The Hall–Kier alpha value is -3.40. The van der Waals surface area contributed by atoms with Gasteiger partial charge in [0.1, 0.15) is 11.6 Å². The Kier molecular flexibility index (Phi) is 6.11. The monoisotopic (exact) mass is 460 g/mol. The molecule has 176 valence electrons. The molecule has 33 heavy (non-hydrogen) atoms. The number of carbonyl (C=O) groups is 1. The van der Waals surface area contributed by atoms with Crippen LogP contribution >= 0.6 is 0 Å². The summed E-state index contributed by atoms with van der Waals surface area (Å²) in [6.45, 7) is 1.17. The summed E-state index contributed by atoms with van der Waals surface area (Å²) in [5.74, 6) is -2.45. The second kappa shape index (κ2) is 8.86. The molecule has 0 radical (unpaired) electrons. The van der Waals surface area contributed by atoms with Crippen LogP contribution in [0.3, 0.4) is 0 Å². The van der Waals surface area contributed by atoms with E-state index in [1.54, 1.807) is 16.6 Å². The molecule has 4 N–H and O–H groups in total. The van der Waals surface area contributed by atoms with Gasteiger partial charge in [-0.1, -0.05) is 6.07 Å². The molecule has 10 heteroatoms. The molecule has 1 aliphatic carbocycles. The van der Waals surface area contributed by atoms with Crippen LogP contribution in [0, 0.1) is 11.6 Å². The Morgan fingerprint density at radius 2 is 2.09 bits per heavy atom. The number of fused-ring (bicyclic) bond motifs is 1. The lowest BCUT2D eigenvalue weighted by atomic mass is 9.73. The molecular formula is C23H26F2N4O4. The van der Waals surface area contributed by atoms with E-state index in [2.05, 4.69) is 5.32 Å². The molecule has 2 aliphatic rings. The van der Waals surface area contributed by atoms with Crippen LogP contribution in [0.1, 0.15) is 40.9 Å². The number of pyridine rings is 1. The van der Waals surface area contributed by atoms with Gasteiger partial charge in [0, 0.05) is 50.8 Å². The first kappa shape index (κ1) is 22.8. The predicted molar refractivity (Wildman–Crippen MR) is 117 cm³/mol. The van der Waals surface area contributed by atoms with Crippen LogP contribution < -0.4 is 16.5 Å². The molecule has 1 aromatic carbocycles. The van der Waals surface area contributed by atoms with Crippen molar-refractivity contribution in [1.82, 2.24) is 14.8 Å². The molecule has 1 aliphatic heterocycles. The van der Waals surface area contributed by atoms with Crippen molar-refractivity contribution < 1.29 is 23.4 Å². The fourth-order valence-corrected chi connectivity index (χ4v) is 4.50. The van der Waals surface area contributed by atoms with E-state index in [0.717, 1.165) is 31.4 Å². The first-order valence-electron chi connectivity index (χ1n) is 10.7. The lowest BCUT2D eigenvalue weighted by Gasteiger charge is -2.53. The number of aromatic nitrogens is 1. The molecular weight excluding hydrogens is 434 g/mol. The number of amides is 1. The smallest absolute Gasteiger partial charge is 0.275 e. The average Bonchev–Trinajstić information content (AvgIpc) is 2.75. The summed E-state index contributed by atoms with van der Waals surface area (Å²) < 4.78 is 33.6. The summed E-state index contributed by atoms with van der Waals surface area (Å²) in [5.41, 5.74) is 5.13. The molecule has 1 fully saturated rings. The van der Waals surface area contributed by atoms with Crippen molar-refractivity contribution in [1.29, 1.82) is 0 Å². The first-order valence-corrected chi connectivity index (χ1v) is 10.7. The number of aromatic hydroxyl groups is 1. The second-order valence-electron chi connectivity index (χ2n) is 8.44. The van der Waals surface area contributed by atoms with Crippen LogP contribution in [0.5, 0.6) is 5.75 Å². The number of hydrogen-bond donors (Lipinski definition) is 3. The second-order valence-corrected chi connectivity index (χ2v) is 8.44. The summed E-state index contributed by atoms with van der Waals surface area (Å²) in [6, 6.07) is 3.23. The van der Waals surface area contributed by atoms with Crippen molar-refractivity contribution in [3.63, 3.8) is 0 Å². The van der Waals surface area contributed by atoms with Gasteiger partial charge in [0.25, 0.3) is 5.91 Å². The molecule has 1 spiro atoms. The summed E-state index contributed by atoms with van der Waals surface area (Å²) in [7, 11) is 1.55. The maximum Gasteiger partial charge on any atom is 0.275 e. The molecule has 4 rings (SSSR count). The number of nitrogens with two attached hydrogens (primary N) is 1. The molecule has 2 heterocycles. The number of halogens is 2. The average molecular weight is 460 g/mol. The molecule has 1 aromatic heterocycles. The molecule has 0 unspecified atom stereocenters.